The molecule has 7 rings (SSSR count). The van der Waals surface area contributed by atoms with Crippen molar-refractivity contribution >= 4 is 22.9 Å². The molecule has 12 nitrogen and oxygen atoms in total. The maximum absolute atomic E-state index is 16.1. The summed E-state index contributed by atoms with van der Waals surface area (Å²) in [6.45, 7) is 3.88. The van der Waals surface area contributed by atoms with E-state index in [0.717, 1.165) is 49.7 Å². The van der Waals surface area contributed by atoms with Gasteiger partial charge in [0.05, 0.1) is 24.9 Å². The Bertz CT molecular complexity index is 1870. The maximum atomic E-state index is 16.1. The van der Waals surface area contributed by atoms with E-state index in [2.05, 4.69) is 25.5 Å². The highest BCUT2D eigenvalue weighted by atomic mass is 19.3. The number of nitrogens with one attached hydrogen (secondary N) is 2. The van der Waals surface area contributed by atoms with Crippen LogP contribution in [0.4, 0.5) is 19.0 Å². The lowest BCUT2D eigenvalue weighted by atomic mass is 9.94. The van der Waals surface area contributed by atoms with Gasteiger partial charge < -0.3 is 21.1 Å². The summed E-state index contributed by atoms with van der Waals surface area (Å²) in [6, 6.07) is 9.53. The molecular weight excluding hydrogens is 627 g/mol. The van der Waals surface area contributed by atoms with Crippen LogP contribution in [0.5, 0.6) is 5.75 Å². The van der Waals surface area contributed by atoms with Crippen molar-refractivity contribution in [1.82, 2.24) is 39.5 Å². The Labute approximate surface area is 274 Å². The lowest BCUT2D eigenvalue weighted by molar-refractivity contribution is -0.117. The fourth-order valence-corrected chi connectivity index (χ4v) is 7.22. The zero-order chi connectivity index (χ0) is 33.6. The molecule has 2 aromatic carbocycles. The molecule has 0 saturated carbocycles. The molecule has 1 atom stereocenters. The van der Waals surface area contributed by atoms with Gasteiger partial charge in [0.2, 0.25) is 0 Å². The van der Waals surface area contributed by atoms with Crippen molar-refractivity contribution in [3.05, 3.63) is 76.2 Å². The standard InChI is InChI=1S/C33H38F3N9O3/c1-48-26-7-4-21(34)14-25(26)31(46)39-15-20-2-5-23(6-3-20)44-28-29(37)40-19-41-30(28)45(32(44)47)27-10-13-43(18-33(27,35)36)22-8-11-42(12-9-22)24-16-38-17-24/h2-7,14,19,22,24,27,38H,8-13,15-18H2,1H3,(H,39,46)(H2,37,40,41)/t27-/m0/s1. The van der Waals surface area contributed by atoms with Gasteiger partial charge in [0.25, 0.3) is 11.8 Å². The summed E-state index contributed by atoms with van der Waals surface area (Å²) in [5.74, 6) is -4.06. The number of rotatable bonds is 8. The summed E-state index contributed by atoms with van der Waals surface area (Å²) in [7, 11) is 1.39. The first-order chi connectivity index (χ1) is 23.1. The third-order valence-electron chi connectivity index (χ3n) is 9.93. The number of hydrogen-bond donors (Lipinski definition) is 3. The topological polar surface area (TPSA) is 136 Å². The van der Waals surface area contributed by atoms with Crippen LogP contribution in [0.3, 0.4) is 0 Å². The van der Waals surface area contributed by atoms with Crippen LogP contribution in [0.15, 0.2) is 53.6 Å². The number of ether oxygens (including phenoxy) is 1. The van der Waals surface area contributed by atoms with Crippen molar-refractivity contribution in [3.8, 4) is 11.4 Å². The Morgan fingerprint density at radius 2 is 1.77 bits per heavy atom. The van der Waals surface area contributed by atoms with Crippen LogP contribution in [0.1, 0.15) is 41.2 Å². The van der Waals surface area contributed by atoms with Crippen molar-refractivity contribution in [2.45, 2.75) is 49.9 Å². The fourth-order valence-electron chi connectivity index (χ4n) is 7.22. The fraction of sp³-hybridized carbons (Fsp3) is 0.455. The highest BCUT2D eigenvalue weighted by Crippen LogP contribution is 2.39. The van der Waals surface area contributed by atoms with Gasteiger partial charge in [-0.1, -0.05) is 12.1 Å². The molecule has 0 unspecified atom stereocenters. The highest BCUT2D eigenvalue weighted by Gasteiger charge is 2.49. The minimum absolute atomic E-state index is 0.00888. The molecule has 4 N–H and O–H groups in total. The van der Waals surface area contributed by atoms with E-state index in [1.165, 1.54) is 30.1 Å². The number of benzene rings is 2. The number of piperidine rings is 2. The van der Waals surface area contributed by atoms with Crippen LogP contribution >= 0.6 is 0 Å². The quantitative estimate of drug-likeness (QED) is 0.260. The van der Waals surface area contributed by atoms with Gasteiger partial charge in [-0.3, -0.25) is 23.7 Å². The molecule has 0 radical (unpaired) electrons. The van der Waals surface area contributed by atoms with Gasteiger partial charge in [-0.2, -0.15) is 0 Å². The molecule has 0 bridgehead atoms. The number of fused-ring (bicyclic) bond motifs is 1. The number of anilines is 1. The van der Waals surface area contributed by atoms with Gasteiger partial charge in [-0.05, 0) is 55.2 Å². The number of nitrogen functional groups attached to an aromatic ring is 1. The monoisotopic (exact) mass is 665 g/mol. The molecule has 15 heteroatoms. The number of nitrogens with two attached hydrogens (primary N) is 1. The smallest absolute Gasteiger partial charge is 0.335 e. The number of amides is 1. The molecule has 0 aliphatic carbocycles. The van der Waals surface area contributed by atoms with E-state index >= 15 is 8.78 Å². The van der Waals surface area contributed by atoms with Crippen molar-refractivity contribution in [3.63, 3.8) is 0 Å². The van der Waals surface area contributed by atoms with E-state index in [-0.39, 0.29) is 47.3 Å². The average molecular weight is 666 g/mol. The molecule has 1 amide bonds. The number of methoxy groups -OCH3 is 1. The average Bonchev–Trinajstić information content (AvgIpc) is 3.35. The van der Waals surface area contributed by atoms with Gasteiger partial charge in [0, 0.05) is 51.4 Å². The number of likely N-dealkylation sites (tertiary alicyclic amines) is 2. The Balaban J connectivity index is 1.10. The number of aromatic nitrogens is 4. The van der Waals surface area contributed by atoms with Gasteiger partial charge in [0.1, 0.15) is 29.5 Å². The Morgan fingerprint density at radius 3 is 2.44 bits per heavy atom. The minimum atomic E-state index is -3.19. The lowest BCUT2D eigenvalue weighted by Gasteiger charge is -2.47. The summed E-state index contributed by atoms with van der Waals surface area (Å²) in [4.78, 5) is 39.4. The maximum Gasteiger partial charge on any atom is 0.335 e. The lowest BCUT2D eigenvalue weighted by Crippen LogP contribution is -2.61. The second kappa shape index (κ2) is 12.9. The van der Waals surface area contributed by atoms with Crippen LogP contribution in [0, 0.1) is 5.82 Å². The van der Waals surface area contributed by atoms with E-state index in [1.54, 1.807) is 24.3 Å². The molecule has 254 valence electrons. The zero-order valence-electron chi connectivity index (χ0n) is 26.5. The van der Waals surface area contributed by atoms with E-state index in [0.29, 0.717) is 23.8 Å². The number of carbonyl (C=O) groups excluding carboxylic acids is 1. The molecule has 3 aliphatic rings. The molecule has 0 spiro atoms. The van der Waals surface area contributed by atoms with Crippen LogP contribution in [0.2, 0.25) is 0 Å². The molecule has 2 aromatic heterocycles. The molecular formula is C33H38F3N9O3. The second-order valence-electron chi connectivity index (χ2n) is 12.7. The summed E-state index contributed by atoms with van der Waals surface area (Å²) in [5.41, 5.74) is 6.85. The van der Waals surface area contributed by atoms with Crippen molar-refractivity contribution in [2.75, 3.05) is 52.1 Å². The van der Waals surface area contributed by atoms with Crippen molar-refractivity contribution in [1.29, 1.82) is 0 Å². The first kappa shape index (κ1) is 32.1. The summed E-state index contributed by atoms with van der Waals surface area (Å²) < 4.78 is 53.4. The third kappa shape index (κ3) is 5.90. The summed E-state index contributed by atoms with van der Waals surface area (Å²) >= 11 is 0. The SMILES string of the molecule is COc1ccc(F)cc1C(=O)NCc1ccc(-n2c(=O)n([C@H]3CCN(C4CCN(C5CNC5)CC4)CC3(F)F)c3ncnc(N)c32)cc1. The normalized spacial score (nSPS) is 20.9. The van der Waals surface area contributed by atoms with E-state index in [4.69, 9.17) is 10.5 Å². The van der Waals surface area contributed by atoms with Gasteiger partial charge in [0.15, 0.2) is 11.5 Å². The number of hydrogen-bond acceptors (Lipinski definition) is 9. The predicted octanol–water partition coefficient (Wildman–Crippen LogP) is 2.56. The van der Waals surface area contributed by atoms with Crippen molar-refractivity contribution < 1.29 is 22.7 Å². The molecule has 3 aliphatic heterocycles. The third-order valence-corrected chi connectivity index (χ3v) is 9.93. The Kier molecular flexibility index (Phi) is 8.60. The molecule has 3 saturated heterocycles. The number of halogens is 3. The molecule has 3 fully saturated rings. The number of alkyl halides is 2. The molecule has 5 heterocycles. The Morgan fingerprint density at radius 1 is 1.04 bits per heavy atom. The molecule has 4 aromatic rings. The number of imidazole rings is 1. The Hall–Kier alpha value is -4.47. The van der Waals surface area contributed by atoms with Crippen molar-refractivity contribution in [2.24, 2.45) is 0 Å². The summed E-state index contributed by atoms with van der Waals surface area (Å²) in [5, 5.41) is 6.02. The molecule has 48 heavy (non-hydrogen) atoms. The summed E-state index contributed by atoms with van der Waals surface area (Å²) in [6.07, 6.45) is 2.95. The van der Waals surface area contributed by atoms with Gasteiger partial charge >= 0.3 is 5.69 Å². The number of nitrogens with zero attached hydrogens (tertiary/aromatic N) is 6. The second-order valence-corrected chi connectivity index (χ2v) is 12.7. The van der Waals surface area contributed by atoms with Crippen LogP contribution in [-0.4, -0.2) is 99.2 Å². The predicted molar refractivity (Wildman–Crippen MR) is 173 cm³/mol. The number of carbonyl (C=O) groups is 1. The van der Waals surface area contributed by atoms with Crippen LogP contribution < -0.4 is 26.8 Å². The van der Waals surface area contributed by atoms with E-state index in [1.807, 2.05) is 4.90 Å². The zero-order valence-corrected chi connectivity index (χ0v) is 26.5. The van der Waals surface area contributed by atoms with Crippen LogP contribution in [-0.2, 0) is 6.54 Å². The minimum Gasteiger partial charge on any atom is -0.496 e. The first-order valence-electron chi connectivity index (χ1n) is 16.2. The highest BCUT2D eigenvalue weighted by molar-refractivity contribution is 5.96. The van der Waals surface area contributed by atoms with E-state index in [9.17, 15) is 14.0 Å². The largest absolute Gasteiger partial charge is 0.496 e. The van der Waals surface area contributed by atoms with Gasteiger partial charge in [-0.25, -0.2) is 27.9 Å². The van der Waals surface area contributed by atoms with Gasteiger partial charge in [-0.15, -0.1) is 0 Å². The van der Waals surface area contributed by atoms with E-state index < -0.39 is 35.9 Å². The first-order valence-corrected chi connectivity index (χ1v) is 16.2. The van der Waals surface area contributed by atoms with Crippen LogP contribution in [0.25, 0.3) is 16.9 Å².